The van der Waals surface area contributed by atoms with Crippen LogP contribution < -0.4 is 5.43 Å². The molecule has 1 aromatic carbocycles. The van der Waals surface area contributed by atoms with Crippen LogP contribution in [0.5, 0.6) is 0 Å². The molecule has 0 saturated carbocycles. The maximum atomic E-state index is 11.6. The second-order valence-electron chi connectivity index (χ2n) is 3.85. The van der Waals surface area contributed by atoms with E-state index in [0.29, 0.717) is 0 Å². The largest absolute Gasteiger partial charge is 0.273 e. The van der Waals surface area contributed by atoms with Crippen molar-refractivity contribution in [2.24, 2.45) is 5.10 Å². The SMILES string of the molecule is Cc1nc(CC(=O)N/N=C\c2ccccc2Br)cs1. The number of hydrogen-bond donors (Lipinski definition) is 1. The maximum Gasteiger partial charge on any atom is 0.246 e. The summed E-state index contributed by atoms with van der Waals surface area (Å²) in [5, 5.41) is 6.77. The Kier molecular flexibility index (Phi) is 4.81. The highest BCUT2D eigenvalue weighted by atomic mass is 79.9. The van der Waals surface area contributed by atoms with Crippen LogP contribution in [0.4, 0.5) is 0 Å². The molecule has 0 aliphatic heterocycles. The van der Waals surface area contributed by atoms with E-state index in [1.807, 2.05) is 36.6 Å². The lowest BCUT2D eigenvalue weighted by molar-refractivity contribution is -0.120. The Morgan fingerprint density at radius 1 is 1.53 bits per heavy atom. The van der Waals surface area contributed by atoms with E-state index in [4.69, 9.17) is 0 Å². The van der Waals surface area contributed by atoms with E-state index >= 15 is 0 Å². The number of carbonyl (C=O) groups is 1. The fourth-order valence-electron chi connectivity index (χ4n) is 1.45. The van der Waals surface area contributed by atoms with Crippen LogP contribution >= 0.6 is 27.3 Å². The number of benzene rings is 1. The fourth-order valence-corrected chi connectivity index (χ4v) is 2.45. The van der Waals surface area contributed by atoms with Gasteiger partial charge >= 0.3 is 0 Å². The van der Waals surface area contributed by atoms with Crippen LogP contribution in [0, 0.1) is 6.92 Å². The van der Waals surface area contributed by atoms with Crippen LogP contribution in [0.25, 0.3) is 0 Å². The molecule has 0 unspecified atom stereocenters. The Labute approximate surface area is 123 Å². The molecule has 19 heavy (non-hydrogen) atoms. The molecule has 0 radical (unpaired) electrons. The number of aryl methyl sites for hydroxylation is 1. The summed E-state index contributed by atoms with van der Waals surface area (Å²) in [7, 11) is 0. The van der Waals surface area contributed by atoms with E-state index in [0.717, 1.165) is 20.7 Å². The first-order valence-corrected chi connectivity index (χ1v) is 7.30. The summed E-state index contributed by atoms with van der Waals surface area (Å²) in [6.45, 7) is 1.91. The summed E-state index contributed by atoms with van der Waals surface area (Å²) in [6.07, 6.45) is 1.85. The third-order valence-electron chi connectivity index (χ3n) is 2.31. The molecule has 0 bridgehead atoms. The topological polar surface area (TPSA) is 54.4 Å². The average molecular weight is 338 g/mol. The number of nitrogens with zero attached hydrogens (tertiary/aromatic N) is 2. The number of hydrazone groups is 1. The van der Waals surface area contributed by atoms with Crippen LogP contribution in [0.15, 0.2) is 39.2 Å². The summed E-state index contributed by atoms with van der Waals surface area (Å²) < 4.78 is 0.933. The molecule has 1 N–H and O–H groups in total. The second kappa shape index (κ2) is 6.58. The van der Waals surface area contributed by atoms with Crippen molar-refractivity contribution in [2.45, 2.75) is 13.3 Å². The third kappa shape index (κ3) is 4.25. The zero-order chi connectivity index (χ0) is 13.7. The van der Waals surface area contributed by atoms with Gasteiger partial charge in [0.15, 0.2) is 0 Å². The Hall–Kier alpha value is -1.53. The molecule has 1 amide bonds. The van der Waals surface area contributed by atoms with E-state index in [1.165, 1.54) is 11.3 Å². The Bertz CT molecular complexity index is 609. The molecule has 0 aliphatic rings. The zero-order valence-electron chi connectivity index (χ0n) is 10.3. The molecule has 4 nitrogen and oxygen atoms in total. The number of amides is 1. The molecule has 2 aromatic rings. The molecule has 0 spiro atoms. The molecule has 98 valence electrons. The molecule has 6 heteroatoms. The molecule has 0 saturated heterocycles. The summed E-state index contributed by atoms with van der Waals surface area (Å²) in [5.41, 5.74) is 4.17. The maximum absolute atomic E-state index is 11.6. The molecule has 0 aliphatic carbocycles. The van der Waals surface area contributed by atoms with Gasteiger partial charge in [0.1, 0.15) is 0 Å². The van der Waals surface area contributed by atoms with E-state index in [1.54, 1.807) is 6.21 Å². The van der Waals surface area contributed by atoms with Crippen molar-refractivity contribution < 1.29 is 4.79 Å². The standard InChI is InChI=1S/C13H12BrN3OS/c1-9-16-11(8-19-9)6-13(18)17-15-7-10-4-2-3-5-12(10)14/h2-5,7-8H,6H2,1H3,(H,17,18)/b15-7-. The van der Waals surface area contributed by atoms with Crippen molar-refractivity contribution in [3.8, 4) is 0 Å². The van der Waals surface area contributed by atoms with Crippen molar-refractivity contribution in [1.29, 1.82) is 0 Å². The first kappa shape index (κ1) is 13.9. The number of rotatable bonds is 4. The number of halogens is 1. The number of carbonyl (C=O) groups excluding carboxylic acids is 1. The van der Waals surface area contributed by atoms with Gasteiger partial charge in [-0.1, -0.05) is 34.1 Å². The highest BCUT2D eigenvalue weighted by molar-refractivity contribution is 9.10. The van der Waals surface area contributed by atoms with Gasteiger partial charge < -0.3 is 0 Å². The van der Waals surface area contributed by atoms with Crippen LogP contribution in [0.2, 0.25) is 0 Å². The van der Waals surface area contributed by atoms with E-state index < -0.39 is 0 Å². The summed E-state index contributed by atoms with van der Waals surface area (Å²) in [4.78, 5) is 15.9. The van der Waals surface area contributed by atoms with Gasteiger partial charge in [0.25, 0.3) is 0 Å². The smallest absolute Gasteiger partial charge is 0.246 e. The number of nitrogens with one attached hydrogen (secondary N) is 1. The zero-order valence-corrected chi connectivity index (χ0v) is 12.7. The quantitative estimate of drug-likeness (QED) is 0.688. The highest BCUT2D eigenvalue weighted by Gasteiger charge is 2.05. The minimum atomic E-state index is -0.173. The van der Waals surface area contributed by atoms with Gasteiger partial charge in [-0.15, -0.1) is 11.3 Å². The molecule has 2 rings (SSSR count). The number of thiazole rings is 1. The first-order chi connectivity index (χ1) is 9.15. The van der Waals surface area contributed by atoms with Crippen LogP contribution in [-0.2, 0) is 11.2 Å². The normalized spacial score (nSPS) is 10.8. The van der Waals surface area contributed by atoms with E-state index in [2.05, 4.69) is 31.4 Å². The molecule has 0 fully saturated rings. The number of hydrogen-bond acceptors (Lipinski definition) is 4. The van der Waals surface area contributed by atoms with Crippen LogP contribution in [0.1, 0.15) is 16.3 Å². The highest BCUT2D eigenvalue weighted by Crippen LogP contribution is 2.13. The summed E-state index contributed by atoms with van der Waals surface area (Å²) in [6, 6.07) is 7.65. The Morgan fingerprint density at radius 3 is 3.00 bits per heavy atom. The van der Waals surface area contributed by atoms with Gasteiger partial charge in [-0.05, 0) is 13.0 Å². The predicted octanol–water partition coefficient (Wildman–Crippen LogP) is 2.91. The van der Waals surface area contributed by atoms with Gasteiger partial charge in [0, 0.05) is 15.4 Å². The van der Waals surface area contributed by atoms with Gasteiger partial charge in [0.2, 0.25) is 5.91 Å². The van der Waals surface area contributed by atoms with Crippen LogP contribution in [-0.4, -0.2) is 17.1 Å². The Balaban J connectivity index is 1.88. The van der Waals surface area contributed by atoms with Gasteiger partial charge in [-0.25, -0.2) is 10.4 Å². The van der Waals surface area contributed by atoms with Crippen molar-refractivity contribution in [2.75, 3.05) is 0 Å². The number of aromatic nitrogens is 1. The van der Waals surface area contributed by atoms with Crippen molar-refractivity contribution >= 4 is 39.4 Å². The fraction of sp³-hybridized carbons (Fsp3) is 0.154. The average Bonchev–Trinajstić information content (AvgIpc) is 2.77. The molecule has 1 aromatic heterocycles. The van der Waals surface area contributed by atoms with Gasteiger partial charge in [-0.2, -0.15) is 5.10 Å². The molecular weight excluding hydrogens is 326 g/mol. The molecular formula is C13H12BrN3OS. The second-order valence-corrected chi connectivity index (χ2v) is 5.77. The summed E-state index contributed by atoms with van der Waals surface area (Å²) >= 11 is 4.94. The minimum absolute atomic E-state index is 0.173. The lowest BCUT2D eigenvalue weighted by Crippen LogP contribution is -2.19. The van der Waals surface area contributed by atoms with Crippen molar-refractivity contribution in [3.05, 3.63) is 50.4 Å². The lowest BCUT2D eigenvalue weighted by Gasteiger charge is -1.98. The summed E-state index contributed by atoms with van der Waals surface area (Å²) in [5.74, 6) is -0.173. The lowest BCUT2D eigenvalue weighted by atomic mass is 10.2. The van der Waals surface area contributed by atoms with Crippen molar-refractivity contribution in [3.63, 3.8) is 0 Å². The third-order valence-corrected chi connectivity index (χ3v) is 3.85. The predicted molar refractivity (Wildman–Crippen MR) is 80.4 cm³/mol. The molecule has 0 atom stereocenters. The monoisotopic (exact) mass is 337 g/mol. The van der Waals surface area contributed by atoms with Gasteiger partial charge in [-0.3, -0.25) is 4.79 Å². The van der Waals surface area contributed by atoms with E-state index in [9.17, 15) is 4.79 Å². The first-order valence-electron chi connectivity index (χ1n) is 5.62. The van der Waals surface area contributed by atoms with Crippen molar-refractivity contribution in [1.82, 2.24) is 10.4 Å². The minimum Gasteiger partial charge on any atom is -0.273 e. The molecule has 1 heterocycles. The van der Waals surface area contributed by atoms with Gasteiger partial charge in [0.05, 0.1) is 23.3 Å². The van der Waals surface area contributed by atoms with E-state index in [-0.39, 0.29) is 12.3 Å². The Morgan fingerprint density at radius 2 is 2.32 bits per heavy atom. The van der Waals surface area contributed by atoms with Crippen LogP contribution in [0.3, 0.4) is 0 Å².